The lowest BCUT2D eigenvalue weighted by Crippen LogP contribution is -2.50. The molecule has 0 radical (unpaired) electrons. The average molecular weight is 360 g/mol. The molecule has 0 aliphatic carbocycles. The topological polar surface area (TPSA) is 84.0 Å². The van der Waals surface area contributed by atoms with Gasteiger partial charge in [0.05, 0.1) is 12.5 Å². The van der Waals surface area contributed by atoms with Gasteiger partial charge in [-0.2, -0.15) is 0 Å². The second kappa shape index (κ2) is 8.71. The molecule has 0 aliphatic rings. The Bertz CT molecular complexity index is 715. The number of hydrogen-bond donors (Lipinski definition) is 2. The molecule has 1 aromatic heterocycles. The van der Waals surface area contributed by atoms with E-state index in [0.717, 1.165) is 15.6 Å². The number of amides is 2. The quantitative estimate of drug-likeness (QED) is 0.794. The van der Waals surface area contributed by atoms with Crippen LogP contribution in [0.5, 0.6) is 0 Å². The standard InChI is InChI=1S/C18H24N4O2S/c1-11(2)16(20-15(23)10-14-8-6-5-7-9-14)17(24)19-12(3)18-22-21-13(4)25-18/h5-9,11-12,16H,10H2,1-4H3,(H,19,24)(H,20,23)/t12-,16-/m0/s1. The number of nitrogens with zero attached hydrogens (tertiary/aromatic N) is 2. The van der Waals surface area contributed by atoms with Gasteiger partial charge in [-0.25, -0.2) is 0 Å². The summed E-state index contributed by atoms with van der Waals surface area (Å²) in [4.78, 5) is 24.9. The fraction of sp³-hybridized carbons (Fsp3) is 0.444. The fourth-order valence-electron chi connectivity index (χ4n) is 2.39. The summed E-state index contributed by atoms with van der Waals surface area (Å²) >= 11 is 1.45. The molecule has 0 fully saturated rings. The molecule has 0 saturated heterocycles. The zero-order chi connectivity index (χ0) is 18.4. The van der Waals surface area contributed by atoms with Gasteiger partial charge in [0, 0.05) is 0 Å². The molecular formula is C18H24N4O2S. The smallest absolute Gasteiger partial charge is 0.243 e. The zero-order valence-corrected chi connectivity index (χ0v) is 15.8. The lowest BCUT2D eigenvalue weighted by molar-refractivity contribution is -0.130. The van der Waals surface area contributed by atoms with Gasteiger partial charge < -0.3 is 10.6 Å². The van der Waals surface area contributed by atoms with Gasteiger partial charge in [-0.05, 0) is 25.3 Å². The molecule has 25 heavy (non-hydrogen) atoms. The summed E-state index contributed by atoms with van der Waals surface area (Å²) in [6.45, 7) is 7.55. The minimum atomic E-state index is -0.590. The van der Waals surface area contributed by atoms with Crippen LogP contribution in [0.2, 0.25) is 0 Å². The van der Waals surface area contributed by atoms with Crippen molar-refractivity contribution in [3.63, 3.8) is 0 Å². The van der Waals surface area contributed by atoms with E-state index in [9.17, 15) is 9.59 Å². The summed E-state index contributed by atoms with van der Waals surface area (Å²) in [6.07, 6.45) is 0.252. The van der Waals surface area contributed by atoms with Crippen molar-refractivity contribution in [2.24, 2.45) is 5.92 Å². The molecule has 2 rings (SSSR count). The van der Waals surface area contributed by atoms with Gasteiger partial charge in [0.1, 0.15) is 16.1 Å². The van der Waals surface area contributed by atoms with Gasteiger partial charge in [0.25, 0.3) is 0 Å². The van der Waals surface area contributed by atoms with E-state index in [2.05, 4.69) is 20.8 Å². The molecule has 1 aromatic carbocycles. The highest BCUT2D eigenvalue weighted by molar-refractivity contribution is 7.11. The Morgan fingerprint density at radius 3 is 2.32 bits per heavy atom. The van der Waals surface area contributed by atoms with Crippen LogP contribution in [0, 0.1) is 12.8 Å². The lowest BCUT2D eigenvalue weighted by atomic mass is 10.0. The third kappa shape index (κ3) is 5.63. The molecule has 0 saturated carbocycles. The van der Waals surface area contributed by atoms with E-state index in [1.165, 1.54) is 11.3 Å². The maximum atomic E-state index is 12.6. The van der Waals surface area contributed by atoms with Crippen molar-refractivity contribution in [3.8, 4) is 0 Å². The van der Waals surface area contributed by atoms with Crippen LogP contribution >= 0.6 is 11.3 Å². The number of aromatic nitrogens is 2. The van der Waals surface area contributed by atoms with Crippen molar-refractivity contribution in [1.29, 1.82) is 0 Å². The van der Waals surface area contributed by atoms with Crippen LogP contribution in [0.15, 0.2) is 30.3 Å². The first-order valence-corrected chi connectivity index (χ1v) is 9.12. The molecule has 7 heteroatoms. The predicted octanol–water partition coefficient (Wildman–Crippen LogP) is 2.41. The molecule has 6 nitrogen and oxygen atoms in total. The van der Waals surface area contributed by atoms with Crippen molar-refractivity contribution in [2.45, 2.75) is 46.2 Å². The van der Waals surface area contributed by atoms with Gasteiger partial charge >= 0.3 is 0 Å². The second-order valence-corrected chi connectivity index (χ2v) is 7.55. The molecule has 2 aromatic rings. The molecule has 2 amide bonds. The summed E-state index contributed by atoms with van der Waals surface area (Å²) in [5.41, 5.74) is 0.917. The normalized spacial score (nSPS) is 13.3. The van der Waals surface area contributed by atoms with Crippen LogP contribution in [0.4, 0.5) is 0 Å². The Hall–Kier alpha value is -2.28. The molecule has 2 N–H and O–H groups in total. The van der Waals surface area contributed by atoms with E-state index in [1.54, 1.807) is 0 Å². The van der Waals surface area contributed by atoms with Crippen molar-refractivity contribution >= 4 is 23.2 Å². The largest absolute Gasteiger partial charge is 0.345 e. The third-order valence-corrected chi connectivity index (χ3v) is 4.77. The monoisotopic (exact) mass is 360 g/mol. The molecule has 2 atom stereocenters. The number of hydrogen-bond acceptors (Lipinski definition) is 5. The minimum absolute atomic E-state index is 0.0249. The van der Waals surface area contributed by atoms with Crippen LogP contribution < -0.4 is 10.6 Å². The number of carbonyl (C=O) groups excluding carboxylic acids is 2. The van der Waals surface area contributed by atoms with Gasteiger partial charge in [0.15, 0.2) is 0 Å². The van der Waals surface area contributed by atoms with Crippen molar-refractivity contribution in [2.75, 3.05) is 0 Å². The van der Waals surface area contributed by atoms with E-state index >= 15 is 0 Å². The van der Waals surface area contributed by atoms with Crippen molar-refractivity contribution in [1.82, 2.24) is 20.8 Å². The molecular weight excluding hydrogens is 336 g/mol. The average Bonchev–Trinajstić information content (AvgIpc) is 2.99. The van der Waals surface area contributed by atoms with Gasteiger partial charge in [-0.15, -0.1) is 10.2 Å². The SMILES string of the molecule is Cc1nnc([C@H](C)NC(=O)[C@@H](NC(=O)Cc2ccccc2)C(C)C)s1. The highest BCUT2D eigenvalue weighted by Gasteiger charge is 2.26. The molecule has 0 bridgehead atoms. The molecule has 1 heterocycles. The first-order chi connectivity index (χ1) is 11.9. The Labute approximate surface area is 152 Å². The van der Waals surface area contributed by atoms with Crippen LogP contribution in [0.1, 0.15) is 42.4 Å². The van der Waals surface area contributed by atoms with Crippen LogP contribution in [-0.4, -0.2) is 28.1 Å². The maximum Gasteiger partial charge on any atom is 0.243 e. The Morgan fingerprint density at radius 2 is 1.76 bits per heavy atom. The van der Waals surface area contributed by atoms with Crippen molar-refractivity contribution in [3.05, 3.63) is 45.9 Å². The van der Waals surface area contributed by atoms with Crippen LogP contribution in [0.3, 0.4) is 0 Å². The summed E-state index contributed by atoms with van der Waals surface area (Å²) in [5, 5.41) is 15.4. The Morgan fingerprint density at radius 1 is 1.08 bits per heavy atom. The van der Waals surface area contributed by atoms with E-state index in [1.807, 2.05) is 58.0 Å². The highest BCUT2D eigenvalue weighted by atomic mass is 32.1. The first-order valence-electron chi connectivity index (χ1n) is 8.30. The summed E-state index contributed by atoms with van der Waals surface area (Å²) in [6, 6.07) is 8.64. The van der Waals surface area contributed by atoms with E-state index in [-0.39, 0.29) is 30.2 Å². The highest BCUT2D eigenvalue weighted by Crippen LogP contribution is 2.17. The first kappa shape index (κ1) is 19.1. The molecule has 134 valence electrons. The zero-order valence-electron chi connectivity index (χ0n) is 14.9. The number of nitrogens with one attached hydrogen (secondary N) is 2. The minimum Gasteiger partial charge on any atom is -0.345 e. The Kier molecular flexibility index (Phi) is 6.64. The summed E-state index contributed by atoms with van der Waals surface area (Å²) in [5.74, 6) is -0.403. The van der Waals surface area contributed by atoms with E-state index in [0.29, 0.717) is 0 Å². The number of rotatable bonds is 7. The van der Waals surface area contributed by atoms with E-state index in [4.69, 9.17) is 0 Å². The van der Waals surface area contributed by atoms with Gasteiger partial charge in [-0.3, -0.25) is 9.59 Å². The third-order valence-electron chi connectivity index (χ3n) is 3.74. The number of benzene rings is 1. The molecule has 0 unspecified atom stereocenters. The predicted molar refractivity (Wildman–Crippen MR) is 98.1 cm³/mol. The molecule has 0 spiro atoms. The van der Waals surface area contributed by atoms with E-state index < -0.39 is 6.04 Å². The maximum absolute atomic E-state index is 12.6. The molecule has 0 aliphatic heterocycles. The van der Waals surface area contributed by atoms with Gasteiger partial charge in [0.2, 0.25) is 11.8 Å². The van der Waals surface area contributed by atoms with Crippen LogP contribution in [-0.2, 0) is 16.0 Å². The lowest BCUT2D eigenvalue weighted by Gasteiger charge is -2.23. The Balaban J connectivity index is 1.96. The fourth-order valence-corrected chi connectivity index (χ4v) is 3.09. The summed E-state index contributed by atoms with van der Waals surface area (Å²) < 4.78 is 0. The van der Waals surface area contributed by atoms with Gasteiger partial charge in [-0.1, -0.05) is 55.5 Å². The van der Waals surface area contributed by atoms with Crippen molar-refractivity contribution < 1.29 is 9.59 Å². The second-order valence-electron chi connectivity index (χ2n) is 6.34. The number of aryl methyl sites for hydroxylation is 1. The number of carbonyl (C=O) groups is 2. The van der Waals surface area contributed by atoms with Crippen LogP contribution in [0.25, 0.3) is 0 Å². The summed E-state index contributed by atoms with van der Waals surface area (Å²) in [7, 11) is 0.